The number of carbonyl (C=O) groups excluding carboxylic acids is 1. The molecule has 1 aromatic carbocycles. The number of anilines is 1. The molecule has 26 heavy (non-hydrogen) atoms. The standard InChI is InChI=1S/C21H29N3OS/c1-3-18-7-4-6-17(2)21(18)22-20(25)16-24-13-11-23(12-14-24)10-9-19-8-5-15-26-19/h4-8,15H,3,9-14,16H2,1-2H3,(H,22,25). The maximum atomic E-state index is 12.5. The lowest BCUT2D eigenvalue weighted by Crippen LogP contribution is -2.49. The third kappa shape index (κ3) is 5.16. The van der Waals surface area contributed by atoms with Crippen molar-refractivity contribution in [2.45, 2.75) is 26.7 Å². The summed E-state index contributed by atoms with van der Waals surface area (Å²) in [5.41, 5.74) is 3.34. The fourth-order valence-corrected chi connectivity index (χ4v) is 4.18. The molecule has 3 rings (SSSR count). The summed E-state index contributed by atoms with van der Waals surface area (Å²) in [4.78, 5) is 18.7. The number of carbonyl (C=O) groups is 1. The van der Waals surface area contributed by atoms with Gasteiger partial charge in [-0.05, 0) is 42.3 Å². The molecule has 4 nitrogen and oxygen atoms in total. The van der Waals surface area contributed by atoms with Crippen LogP contribution in [0.3, 0.4) is 0 Å². The molecule has 1 N–H and O–H groups in total. The Morgan fingerprint density at radius 3 is 2.58 bits per heavy atom. The van der Waals surface area contributed by atoms with Gasteiger partial charge < -0.3 is 10.2 Å². The average molecular weight is 372 g/mol. The minimum Gasteiger partial charge on any atom is -0.324 e. The zero-order chi connectivity index (χ0) is 18.4. The van der Waals surface area contributed by atoms with Crippen molar-refractivity contribution in [1.29, 1.82) is 0 Å². The predicted octanol–water partition coefficient (Wildman–Crippen LogP) is 3.42. The third-order valence-electron chi connectivity index (χ3n) is 5.09. The largest absolute Gasteiger partial charge is 0.324 e. The van der Waals surface area contributed by atoms with Crippen LogP contribution in [-0.2, 0) is 17.6 Å². The Balaban J connectivity index is 1.43. The normalized spacial score (nSPS) is 15.9. The van der Waals surface area contributed by atoms with Crippen molar-refractivity contribution < 1.29 is 4.79 Å². The molecule has 5 heteroatoms. The number of piperazine rings is 1. The van der Waals surface area contributed by atoms with Gasteiger partial charge in [0.05, 0.1) is 6.54 Å². The summed E-state index contributed by atoms with van der Waals surface area (Å²) in [5, 5.41) is 5.28. The molecule has 1 amide bonds. The van der Waals surface area contributed by atoms with Gasteiger partial charge >= 0.3 is 0 Å². The van der Waals surface area contributed by atoms with Gasteiger partial charge in [0, 0.05) is 43.3 Å². The van der Waals surface area contributed by atoms with E-state index in [4.69, 9.17) is 0 Å². The Morgan fingerprint density at radius 2 is 1.88 bits per heavy atom. The van der Waals surface area contributed by atoms with Crippen molar-refractivity contribution >= 4 is 22.9 Å². The monoisotopic (exact) mass is 371 g/mol. The number of thiophene rings is 1. The predicted molar refractivity (Wildman–Crippen MR) is 110 cm³/mol. The molecule has 2 heterocycles. The first-order valence-electron chi connectivity index (χ1n) is 9.51. The zero-order valence-electron chi connectivity index (χ0n) is 15.8. The van der Waals surface area contributed by atoms with Crippen molar-refractivity contribution in [3.05, 3.63) is 51.7 Å². The van der Waals surface area contributed by atoms with E-state index in [0.29, 0.717) is 6.54 Å². The molecule has 0 radical (unpaired) electrons. The number of hydrogen-bond acceptors (Lipinski definition) is 4. The van der Waals surface area contributed by atoms with Gasteiger partial charge in [-0.2, -0.15) is 0 Å². The van der Waals surface area contributed by atoms with E-state index in [2.05, 4.69) is 64.7 Å². The molecule has 1 aromatic heterocycles. The highest BCUT2D eigenvalue weighted by molar-refractivity contribution is 7.09. The summed E-state index contributed by atoms with van der Waals surface area (Å²) in [7, 11) is 0. The van der Waals surface area contributed by atoms with Crippen LogP contribution in [0.1, 0.15) is 22.9 Å². The van der Waals surface area contributed by atoms with E-state index in [9.17, 15) is 4.79 Å². The Bertz CT molecular complexity index is 706. The van der Waals surface area contributed by atoms with E-state index in [0.717, 1.165) is 56.8 Å². The summed E-state index contributed by atoms with van der Waals surface area (Å²) in [6.45, 7) is 9.80. The number of para-hydroxylation sites is 1. The molecule has 140 valence electrons. The SMILES string of the molecule is CCc1cccc(C)c1NC(=O)CN1CCN(CCc2cccs2)CC1. The second-order valence-electron chi connectivity index (χ2n) is 6.96. The number of nitrogens with one attached hydrogen (secondary N) is 1. The second kappa shape index (κ2) is 9.31. The molecule has 0 unspecified atom stereocenters. The molecule has 1 saturated heterocycles. The Hall–Kier alpha value is -1.69. The second-order valence-corrected chi connectivity index (χ2v) is 7.99. The highest BCUT2D eigenvalue weighted by Crippen LogP contribution is 2.21. The van der Waals surface area contributed by atoms with Gasteiger partial charge in [-0.3, -0.25) is 9.69 Å². The van der Waals surface area contributed by atoms with Crippen molar-refractivity contribution in [1.82, 2.24) is 9.80 Å². The molecule has 1 aliphatic rings. The topological polar surface area (TPSA) is 35.6 Å². The number of benzene rings is 1. The number of hydrogen-bond donors (Lipinski definition) is 1. The quantitative estimate of drug-likeness (QED) is 0.810. The summed E-state index contributed by atoms with van der Waals surface area (Å²) in [6, 6.07) is 10.5. The van der Waals surface area contributed by atoms with Gasteiger partial charge in [0.1, 0.15) is 0 Å². The number of nitrogens with zero attached hydrogens (tertiary/aromatic N) is 2. The number of rotatable bonds is 7. The molecular formula is C21H29N3OS. The minimum absolute atomic E-state index is 0.0982. The van der Waals surface area contributed by atoms with Gasteiger partial charge in [0.2, 0.25) is 5.91 Å². The Labute approximate surface area is 160 Å². The van der Waals surface area contributed by atoms with Crippen LogP contribution in [0, 0.1) is 6.92 Å². The van der Waals surface area contributed by atoms with Gasteiger partial charge in [-0.25, -0.2) is 0 Å². The fourth-order valence-electron chi connectivity index (χ4n) is 3.48. The zero-order valence-corrected chi connectivity index (χ0v) is 16.6. The van der Waals surface area contributed by atoms with Crippen LogP contribution in [-0.4, -0.2) is 55.0 Å². The van der Waals surface area contributed by atoms with Crippen LogP contribution in [0.15, 0.2) is 35.7 Å². The van der Waals surface area contributed by atoms with Gasteiger partial charge in [-0.1, -0.05) is 31.2 Å². The first-order valence-corrected chi connectivity index (χ1v) is 10.4. The van der Waals surface area contributed by atoms with Crippen LogP contribution >= 0.6 is 11.3 Å². The van der Waals surface area contributed by atoms with Crippen LogP contribution < -0.4 is 5.32 Å². The van der Waals surface area contributed by atoms with Crippen LogP contribution in [0.4, 0.5) is 5.69 Å². The van der Waals surface area contributed by atoms with Gasteiger partial charge in [0.25, 0.3) is 0 Å². The summed E-state index contributed by atoms with van der Waals surface area (Å²) >= 11 is 1.84. The summed E-state index contributed by atoms with van der Waals surface area (Å²) < 4.78 is 0. The highest BCUT2D eigenvalue weighted by atomic mass is 32.1. The Kier molecular flexibility index (Phi) is 6.83. The highest BCUT2D eigenvalue weighted by Gasteiger charge is 2.19. The molecule has 2 aromatic rings. The molecule has 1 aliphatic heterocycles. The number of amides is 1. The lowest BCUT2D eigenvalue weighted by Gasteiger charge is -2.34. The maximum Gasteiger partial charge on any atom is 0.238 e. The van der Waals surface area contributed by atoms with E-state index >= 15 is 0 Å². The molecule has 0 atom stereocenters. The van der Waals surface area contributed by atoms with Crippen LogP contribution in [0.5, 0.6) is 0 Å². The molecule has 1 fully saturated rings. The molecule has 0 saturated carbocycles. The summed E-state index contributed by atoms with van der Waals surface area (Å²) in [6.07, 6.45) is 2.06. The lowest BCUT2D eigenvalue weighted by molar-refractivity contribution is -0.117. The maximum absolute atomic E-state index is 12.5. The van der Waals surface area contributed by atoms with E-state index in [-0.39, 0.29) is 5.91 Å². The van der Waals surface area contributed by atoms with Crippen molar-refractivity contribution in [2.24, 2.45) is 0 Å². The molecule has 0 spiro atoms. The first kappa shape index (κ1) is 19.1. The van der Waals surface area contributed by atoms with E-state index in [1.54, 1.807) is 0 Å². The van der Waals surface area contributed by atoms with Crippen molar-refractivity contribution in [3.8, 4) is 0 Å². The average Bonchev–Trinajstić information content (AvgIpc) is 3.16. The van der Waals surface area contributed by atoms with Crippen LogP contribution in [0.2, 0.25) is 0 Å². The van der Waals surface area contributed by atoms with Crippen LogP contribution in [0.25, 0.3) is 0 Å². The minimum atomic E-state index is 0.0982. The molecule has 0 aliphatic carbocycles. The van der Waals surface area contributed by atoms with Gasteiger partial charge in [0.15, 0.2) is 0 Å². The lowest BCUT2D eigenvalue weighted by atomic mass is 10.1. The van der Waals surface area contributed by atoms with Crippen molar-refractivity contribution in [3.63, 3.8) is 0 Å². The molecular weight excluding hydrogens is 342 g/mol. The van der Waals surface area contributed by atoms with Crippen molar-refractivity contribution in [2.75, 3.05) is 44.6 Å². The van der Waals surface area contributed by atoms with E-state index in [1.807, 2.05) is 11.3 Å². The van der Waals surface area contributed by atoms with Gasteiger partial charge in [-0.15, -0.1) is 11.3 Å². The van der Waals surface area contributed by atoms with E-state index in [1.165, 1.54) is 10.4 Å². The number of aryl methyl sites for hydroxylation is 2. The molecule has 0 bridgehead atoms. The smallest absolute Gasteiger partial charge is 0.238 e. The first-order chi connectivity index (χ1) is 12.7. The fraction of sp³-hybridized carbons (Fsp3) is 0.476. The van der Waals surface area contributed by atoms with E-state index < -0.39 is 0 Å². The summed E-state index contributed by atoms with van der Waals surface area (Å²) in [5.74, 6) is 0.0982. The Morgan fingerprint density at radius 1 is 1.12 bits per heavy atom. The third-order valence-corrected chi connectivity index (χ3v) is 6.03.